The van der Waals surface area contributed by atoms with E-state index < -0.39 is 0 Å². The highest BCUT2D eigenvalue weighted by Crippen LogP contribution is 2.53. The van der Waals surface area contributed by atoms with Crippen molar-refractivity contribution in [2.24, 2.45) is 0 Å². The molecule has 3 atom stereocenters. The molecule has 2 nitrogen and oxygen atoms in total. The predicted molar refractivity (Wildman–Crippen MR) is 112 cm³/mol. The average molecular weight is 353 g/mol. The lowest BCUT2D eigenvalue weighted by Gasteiger charge is -2.52. The van der Waals surface area contributed by atoms with Gasteiger partial charge in [-0.1, -0.05) is 54.6 Å². The van der Waals surface area contributed by atoms with Crippen molar-refractivity contribution in [1.82, 2.24) is 0 Å². The Morgan fingerprint density at radius 1 is 0.852 bits per heavy atom. The van der Waals surface area contributed by atoms with Gasteiger partial charge in [0, 0.05) is 22.7 Å². The van der Waals surface area contributed by atoms with E-state index in [2.05, 4.69) is 79.4 Å². The van der Waals surface area contributed by atoms with Gasteiger partial charge in [0.1, 0.15) is 5.58 Å². The second-order valence-electron chi connectivity index (χ2n) is 8.18. The lowest BCUT2D eigenvalue weighted by molar-refractivity contribution is 0.324. The van der Waals surface area contributed by atoms with Gasteiger partial charge < -0.3 is 9.32 Å². The first-order chi connectivity index (χ1) is 13.2. The maximum atomic E-state index is 6.42. The molecule has 3 aliphatic rings. The van der Waals surface area contributed by atoms with Crippen LogP contribution in [0.2, 0.25) is 0 Å². The van der Waals surface area contributed by atoms with Crippen molar-refractivity contribution in [3.05, 3.63) is 77.4 Å². The molecule has 7 rings (SSSR count). The van der Waals surface area contributed by atoms with E-state index in [-0.39, 0.29) is 0 Å². The van der Waals surface area contributed by atoms with Crippen LogP contribution < -0.4 is 4.90 Å². The normalized spacial score (nSPS) is 23.9. The first kappa shape index (κ1) is 15.3. The topological polar surface area (TPSA) is 16.4 Å². The maximum Gasteiger partial charge on any atom is 0.158 e. The summed E-state index contributed by atoms with van der Waals surface area (Å²) in [7, 11) is 0. The van der Waals surface area contributed by atoms with Crippen LogP contribution in [-0.2, 0) is 0 Å². The molecule has 1 aromatic heterocycles. The Hall–Kier alpha value is -2.74. The van der Waals surface area contributed by atoms with Gasteiger partial charge in [0.25, 0.3) is 0 Å². The van der Waals surface area contributed by atoms with Crippen LogP contribution in [0, 0.1) is 6.92 Å². The molecule has 0 amide bonds. The van der Waals surface area contributed by atoms with E-state index in [0.717, 1.165) is 11.2 Å². The highest BCUT2D eigenvalue weighted by Gasteiger charge is 2.44. The summed E-state index contributed by atoms with van der Waals surface area (Å²) in [6.45, 7) is 4.62. The number of nitrogens with zero attached hydrogens (tertiary/aromatic N) is 1. The Morgan fingerprint density at radius 2 is 1.63 bits per heavy atom. The standard InChI is InChI=1S/C25H23NO/c1-15-11-12-21-20-9-5-6-10-23(20)27-25(21)24(15)26-16(2)17-13-14-22(26)19-8-4-3-7-18(17)19/h3-12,16-17,22H,13-14H2,1-2H3/t16-,17?,22?/m0/s1. The number of hydrogen-bond donors (Lipinski definition) is 0. The van der Waals surface area contributed by atoms with Gasteiger partial charge in [0.05, 0.1) is 11.7 Å². The van der Waals surface area contributed by atoms with Gasteiger partial charge in [0.2, 0.25) is 0 Å². The molecule has 27 heavy (non-hydrogen) atoms. The molecule has 1 aliphatic carbocycles. The molecule has 0 N–H and O–H groups in total. The van der Waals surface area contributed by atoms with Crippen LogP contribution in [0.25, 0.3) is 21.9 Å². The first-order valence-corrected chi connectivity index (χ1v) is 10.0. The molecule has 3 heterocycles. The summed E-state index contributed by atoms with van der Waals surface area (Å²) in [5.41, 5.74) is 7.70. The van der Waals surface area contributed by atoms with E-state index in [1.807, 2.05) is 0 Å². The van der Waals surface area contributed by atoms with Crippen molar-refractivity contribution in [1.29, 1.82) is 0 Å². The summed E-state index contributed by atoms with van der Waals surface area (Å²) in [5.74, 6) is 0.602. The maximum absolute atomic E-state index is 6.42. The van der Waals surface area contributed by atoms with E-state index in [1.165, 1.54) is 40.4 Å². The molecule has 4 aromatic rings. The lowest BCUT2D eigenvalue weighted by atomic mass is 9.70. The summed E-state index contributed by atoms with van der Waals surface area (Å²) < 4.78 is 6.42. The van der Waals surface area contributed by atoms with Crippen LogP contribution in [0.1, 0.15) is 48.4 Å². The van der Waals surface area contributed by atoms with Gasteiger partial charge in [0.15, 0.2) is 5.58 Å². The van der Waals surface area contributed by atoms with Crippen LogP contribution in [-0.4, -0.2) is 6.04 Å². The fraction of sp³-hybridized carbons (Fsp3) is 0.280. The largest absolute Gasteiger partial charge is 0.454 e. The van der Waals surface area contributed by atoms with E-state index in [9.17, 15) is 0 Å². The number of hydrogen-bond acceptors (Lipinski definition) is 2. The van der Waals surface area contributed by atoms with E-state index in [1.54, 1.807) is 5.56 Å². The molecule has 134 valence electrons. The number of furan rings is 1. The molecular weight excluding hydrogens is 330 g/mol. The number of fused-ring (bicyclic) bond motifs is 5. The average Bonchev–Trinajstić information content (AvgIpc) is 3.08. The van der Waals surface area contributed by atoms with Gasteiger partial charge in [-0.2, -0.15) is 0 Å². The highest BCUT2D eigenvalue weighted by atomic mass is 16.3. The van der Waals surface area contributed by atoms with Crippen LogP contribution in [0.4, 0.5) is 5.69 Å². The number of aryl methyl sites for hydroxylation is 1. The number of benzene rings is 3. The van der Waals surface area contributed by atoms with E-state index >= 15 is 0 Å². The van der Waals surface area contributed by atoms with Crippen molar-refractivity contribution >= 4 is 27.6 Å². The molecule has 0 spiro atoms. The van der Waals surface area contributed by atoms with Gasteiger partial charge >= 0.3 is 0 Å². The zero-order valence-corrected chi connectivity index (χ0v) is 15.8. The Kier molecular flexibility index (Phi) is 3.06. The molecule has 2 aliphatic heterocycles. The molecule has 2 unspecified atom stereocenters. The van der Waals surface area contributed by atoms with Gasteiger partial charge in [-0.05, 0) is 49.4 Å². The predicted octanol–water partition coefficient (Wildman–Crippen LogP) is 6.72. The number of rotatable bonds is 1. The monoisotopic (exact) mass is 353 g/mol. The molecular formula is C25H23NO. The van der Waals surface area contributed by atoms with Crippen molar-refractivity contribution < 1.29 is 4.42 Å². The summed E-state index contributed by atoms with van der Waals surface area (Å²) in [6, 6.07) is 22.9. The van der Waals surface area contributed by atoms with Crippen molar-refractivity contribution in [3.63, 3.8) is 0 Å². The number of anilines is 1. The van der Waals surface area contributed by atoms with Gasteiger partial charge in [-0.3, -0.25) is 0 Å². The Labute approximate surface area is 159 Å². The molecule has 3 aromatic carbocycles. The van der Waals surface area contributed by atoms with Crippen molar-refractivity contribution in [2.75, 3.05) is 4.90 Å². The fourth-order valence-corrected chi connectivity index (χ4v) is 5.62. The third kappa shape index (κ3) is 1.96. The zero-order valence-electron chi connectivity index (χ0n) is 15.8. The third-order valence-corrected chi connectivity index (χ3v) is 6.84. The first-order valence-electron chi connectivity index (χ1n) is 10.0. The minimum Gasteiger partial charge on any atom is -0.454 e. The molecule has 2 bridgehead atoms. The van der Waals surface area contributed by atoms with E-state index in [0.29, 0.717) is 18.0 Å². The van der Waals surface area contributed by atoms with Gasteiger partial charge in [-0.15, -0.1) is 0 Å². The van der Waals surface area contributed by atoms with Crippen molar-refractivity contribution in [3.8, 4) is 0 Å². The minimum atomic E-state index is 0.443. The minimum absolute atomic E-state index is 0.443. The fourth-order valence-electron chi connectivity index (χ4n) is 5.62. The lowest BCUT2D eigenvalue weighted by Crippen LogP contribution is -2.49. The van der Waals surface area contributed by atoms with Crippen LogP contribution in [0.5, 0.6) is 0 Å². The van der Waals surface area contributed by atoms with E-state index in [4.69, 9.17) is 4.42 Å². The summed E-state index contributed by atoms with van der Waals surface area (Å²) in [4.78, 5) is 2.66. The second kappa shape index (κ2) is 5.39. The summed E-state index contributed by atoms with van der Waals surface area (Å²) >= 11 is 0. The Morgan fingerprint density at radius 3 is 2.52 bits per heavy atom. The number of piperidine rings is 1. The SMILES string of the molecule is Cc1ccc2c(oc3ccccc32)c1N1C2CCC(c3ccccc32)[C@@H]1C. The zero-order chi connectivity index (χ0) is 18.1. The van der Waals surface area contributed by atoms with Gasteiger partial charge in [-0.25, -0.2) is 0 Å². The van der Waals surface area contributed by atoms with Crippen LogP contribution in [0.15, 0.2) is 65.1 Å². The summed E-state index contributed by atoms with van der Waals surface area (Å²) in [5, 5.41) is 2.44. The smallest absolute Gasteiger partial charge is 0.158 e. The van der Waals surface area contributed by atoms with Crippen molar-refractivity contribution in [2.45, 2.75) is 44.7 Å². The van der Waals surface area contributed by atoms with Crippen LogP contribution in [0.3, 0.4) is 0 Å². The third-order valence-electron chi connectivity index (χ3n) is 6.84. The quantitative estimate of drug-likeness (QED) is 0.377. The molecule has 1 saturated heterocycles. The molecule has 0 saturated carbocycles. The Balaban J connectivity index is 1.63. The molecule has 1 fully saturated rings. The molecule has 2 heteroatoms. The highest BCUT2D eigenvalue weighted by molar-refractivity contribution is 6.09. The second-order valence-corrected chi connectivity index (χ2v) is 8.18. The molecule has 0 radical (unpaired) electrons. The Bertz CT molecular complexity index is 1190. The summed E-state index contributed by atoms with van der Waals surface area (Å²) in [6.07, 6.45) is 2.51. The van der Waals surface area contributed by atoms with Crippen LogP contribution >= 0.6 is 0 Å². The number of para-hydroxylation sites is 1.